The maximum Gasteiger partial charge on any atom is 0.292 e. The third-order valence-corrected chi connectivity index (χ3v) is 7.28. The first-order valence-corrected chi connectivity index (χ1v) is 10.8. The number of amides is 1. The Labute approximate surface area is 165 Å². The quantitative estimate of drug-likeness (QED) is 0.824. The van der Waals surface area contributed by atoms with E-state index >= 15 is 0 Å². The molecule has 0 N–H and O–H groups in total. The van der Waals surface area contributed by atoms with Crippen LogP contribution in [0.15, 0.2) is 34.9 Å². The van der Waals surface area contributed by atoms with Crippen molar-refractivity contribution < 1.29 is 9.32 Å². The SMILES string of the molecule is O=C(c1cc(C2CC2)no1)N1C[C@H]2CC[C@@H]1CN(C1Cc3ccccc3C1)C2. The number of benzene rings is 1. The molecule has 0 spiro atoms. The summed E-state index contributed by atoms with van der Waals surface area (Å²) in [6.45, 7) is 2.96. The Bertz CT molecular complexity index is 878. The highest BCUT2D eigenvalue weighted by atomic mass is 16.5. The van der Waals surface area contributed by atoms with Crippen molar-refractivity contribution in [2.24, 2.45) is 5.92 Å². The van der Waals surface area contributed by atoms with E-state index in [-0.39, 0.29) is 5.91 Å². The lowest BCUT2D eigenvalue weighted by molar-refractivity contribution is 0.0540. The van der Waals surface area contributed by atoms with Crippen molar-refractivity contribution in [2.75, 3.05) is 19.6 Å². The zero-order chi connectivity index (χ0) is 18.7. The molecule has 7 rings (SSSR count). The summed E-state index contributed by atoms with van der Waals surface area (Å²) in [6.07, 6.45) is 6.98. The highest BCUT2D eigenvalue weighted by molar-refractivity contribution is 5.91. The van der Waals surface area contributed by atoms with Gasteiger partial charge in [0.15, 0.2) is 0 Å². The van der Waals surface area contributed by atoms with Crippen LogP contribution in [0.25, 0.3) is 0 Å². The number of hydrogen-bond acceptors (Lipinski definition) is 4. The van der Waals surface area contributed by atoms with Gasteiger partial charge in [-0.05, 0) is 55.6 Å². The first-order chi connectivity index (χ1) is 13.7. The van der Waals surface area contributed by atoms with Crippen molar-refractivity contribution >= 4 is 5.91 Å². The molecule has 5 heteroatoms. The van der Waals surface area contributed by atoms with Gasteiger partial charge in [0.05, 0.1) is 5.69 Å². The van der Waals surface area contributed by atoms with E-state index in [1.807, 2.05) is 6.07 Å². The predicted molar refractivity (Wildman–Crippen MR) is 105 cm³/mol. The second-order valence-electron chi connectivity index (χ2n) is 9.23. The van der Waals surface area contributed by atoms with E-state index in [9.17, 15) is 4.79 Å². The molecule has 3 saturated heterocycles. The maximum absolute atomic E-state index is 13.2. The number of fused-ring (bicyclic) bond motifs is 5. The minimum absolute atomic E-state index is 0.0469. The van der Waals surface area contributed by atoms with Crippen LogP contribution in [0.4, 0.5) is 0 Å². The Morgan fingerprint density at radius 2 is 1.75 bits per heavy atom. The van der Waals surface area contributed by atoms with Crippen molar-refractivity contribution in [3.05, 3.63) is 52.9 Å². The van der Waals surface area contributed by atoms with Crippen molar-refractivity contribution in [2.45, 2.75) is 56.5 Å². The number of rotatable bonds is 3. The van der Waals surface area contributed by atoms with E-state index in [0.29, 0.717) is 29.7 Å². The molecule has 2 aromatic rings. The maximum atomic E-state index is 13.2. The minimum atomic E-state index is 0.0469. The first-order valence-electron chi connectivity index (χ1n) is 10.8. The van der Waals surface area contributed by atoms with E-state index in [0.717, 1.165) is 44.6 Å². The highest BCUT2D eigenvalue weighted by Gasteiger charge is 2.41. The smallest absolute Gasteiger partial charge is 0.292 e. The van der Waals surface area contributed by atoms with Crippen LogP contribution in [0.1, 0.15) is 59.0 Å². The van der Waals surface area contributed by atoms with Crippen LogP contribution in [0.5, 0.6) is 0 Å². The van der Waals surface area contributed by atoms with Crippen molar-refractivity contribution in [3.63, 3.8) is 0 Å². The number of carbonyl (C=O) groups is 1. The van der Waals surface area contributed by atoms with Gasteiger partial charge in [0, 0.05) is 43.7 Å². The molecule has 3 aliphatic heterocycles. The Morgan fingerprint density at radius 1 is 0.964 bits per heavy atom. The molecule has 0 unspecified atom stereocenters. The van der Waals surface area contributed by atoms with Gasteiger partial charge in [-0.3, -0.25) is 9.69 Å². The molecular weight excluding hydrogens is 350 g/mol. The summed E-state index contributed by atoms with van der Waals surface area (Å²) < 4.78 is 5.44. The molecule has 146 valence electrons. The van der Waals surface area contributed by atoms with Crippen LogP contribution in [0.2, 0.25) is 0 Å². The molecule has 1 aromatic carbocycles. The number of carbonyl (C=O) groups excluding carboxylic acids is 1. The minimum Gasteiger partial charge on any atom is -0.351 e. The van der Waals surface area contributed by atoms with Gasteiger partial charge < -0.3 is 9.42 Å². The average molecular weight is 377 g/mol. The summed E-state index contributed by atoms with van der Waals surface area (Å²) in [7, 11) is 0. The summed E-state index contributed by atoms with van der Waals surface area (Å²) in [5.41, 5.74) is 3.98. The van der Waals surface area contributed by atoms with E-state index in [4.69, 9.17) is 4.52 Å². The lowest BCUT2D eigenvalue weighted by Gasteiger charge is -2.35. The highest BCUT2D eigenvalue weighted by Crippen LogP contribution is 2.40. The van der Waals surface area contributed by atoms with Crippen molar-refractivity contribution in [1.29, 1.82) is 0 Å². The molecule has 1 amide bonds. The fourth-order valence-corrected chi connectivity index (χ4v) is 5.56. The summed E-state index contributed by atoms with van der Waals surface area (Å²) in [5, 5.41) is 4.15. The van der Waals surface area contributed by atoms with Crippen LogP contribution in [0, 0.1) is 5.92 Å². The molecule has 2 atom stereocenters. The molecular formula is C23H27N3O2. The Kier molecular flexibility index (Phi) is 3.86. The lowest BCUT2D eigenvalue weighted by atomic mass is 9.94. The second kappa shape index (κ2) is 6.45. The molecule has 0 radical (unpaired) electrons. The fourth-order valence-electron chi connectivity index (χ4n) is 5.56. The zero-order valence-electron chi connectivity index (χ0n) is 16.2. The third kappa shape index (κ3) is 2.87. The van der Waals surface area contributed by atoms with Gasteiger partial charge in [-0.15, -0.1) is 0 Å². The summed E-state index contributed by atoms with van der Waals surface area (Å²) >= 11 is 0. The Morgan fingerprint density at radius 3 is 2.50 bits per heavy atom. The van der Waals surface area contributed by atoms with E-state index in [2.05, 4.69) is 39.2 Å². The molecule has 5 nitrogen and oxygen atoms in total. The third-order valence-electron chi connectivity index (χ3n) is 7.28. The number of nitrogens with zero attached hydrogens (tertiary/aromatic N) is 3. The van der Waals surface area contributed by atoms with Gasteiger partial charge >= 0.3 is 0 Å². The van der Waals surface area contributed by atoms with Gasteiger partial charge in [0.25, 0.3) is 5.91 Å². The van der Waals surface area contributed by atoms with Crippen molar-refractivity contribution in [3.8, 4) is 0 Å². The fraction of sp³-hybridized carbons (Fsp3) is 0.565. The average Bonchev–Trinajstić information content (AvgIpc) is 3.40. The van der Waals surface area contributed by atoms with Crippen LogP contribution >= 0.6 is 0 Å². The summed E-state index contributed by atoms with van der Waals surface area (Å²) in [4.78, 5) is 17.9. The summed E-state index contributed by atoms with van der Waals surface area (Å²) in [5.74, 6) is 1.57. The lowest BCUT2D eigenvalue weighted by Crippen LogP contribution is -2.48. The largest absolute Gasteiger partial charge is 0.351 e. The number of aromatic nitrogens is 1. The normalized spacial score (nSPS) is 27.8. The summed E-state index contributed by atoms with van der Waals surface area (Å²) in [6, 6.07) is 11.6. The zero-order valence-corrected chi connectivity index (χ0v) is 16.2. The van der Waals surface area contributed by atoms with Crippen LogP contribution in [-0.2, 0) is 12.8 Å². The number of piperidine rings is 1. The molecule has 1 aromatic heterocycles. The molecule has 4 fully saturated rings. The van der Waals surface area contributed by atoms with Gasteiger partial charge in [-0.25, -0.2) is 0 Å². The monoisotopic (exact) mass is 377 g/mol. The van der Waals surface area contributed by atoms with Crippen LogP contribution in [0.3, 0.4) is 0 Å². The van der Waals surface area contributed by atoms with Crippen molar-refractivity contribution in [1.82, 2.24) is 15.0 Å². The first kappa shape index (κ1) is 16.8. The Hall–Kier alpha value is -2.14. The topological polar surface area (TPSA) is 49.6 Å². The van der Waals surface area contributed by atoms with Gasteiger partial charge in [-0.2, -0.15) is 0 Å². The van der Waals surface area contributed by atoms with Gasteiger partial charge in [0.1, 0.15) is 0 Å². The van der Waals surface area contributed by atoms with E-state index < -0.39 is 0 Å². The molecule has 4 heterocycles. The standard InChI is InChI=1S/C23H27N3O2/c27-23(22-11-21(24-28-22)16-6-7-16)26-13-15-5-8-19(26)14-25(12-15)20-9-17-3-1-2-4-18(17)10-20/h1-4,11,15-16,19-20H,5-10,12-14H2/t15-,19+/m0/s1. The van der Waals surface area contributed by atoms with Gasteiger partial charge in [0.2, 0.25) is 5.76 Å². The molecule has 28 heavy (non-hydrogen) atoms. The second-order valence-corrected chi connectivity index (χ2v) is 9.23. The van der Waals surface area contributed by atoms with E-state index in [1.54, 1.807) is 0 Å². The molecule has 2 aliphatic carbocycles. The van der Waals surface area contributed by atoms with E-state index in [1.165, 1.54) is 30.4 Å². The Balaban J connectivity index is 1.19. The molecule has 5 aliphatic rings. The molecule has 2 bridgehead atoms. The number of hydrogen-bond donors (Lipinski definition) is 0. The van der Waals surface area contributed by atoms with Crippen LogP contribution in [-0.4, -0.2) is 52.6 Å². The van der Waals surface area contributed by atoms with Gasteiger partial charge in [-0.1, -0.05) is 29.4 Å². The molecule has 1 saturated carbocycles. The van der Waals surface area contributed by atoms with Crippen LogP contribution < -0.4 is 0 Å². The predicted octanol–water partition coefficient (Wildman–Crippen LogP) is 3.26.